The van der Waals surface area contributed by atoms with Gasteiger partial charge in [-0.3, -0.25) is 0 Å². The number of urea groups is 1. The van der Waals surface area contributed by atoms with Crippen LogP contribution in [0.4, 0.5) is 4.79 Å². The van der Waals surface area contributed by atoms with E-state index in [9.17, 15) is 4.79 Å². The molecular weight excluding hydrogens is 128 g/mol. The molecule has 0 unspecified atom stereocenters. The van der Waals surface area contributed by atoms with Gasteiger partial charge in [0.05, 0.1) is 0 Å². The van der Waals surface area contributed by atoms with E-state index < -0.39 is 6.03 Å². The van der Waals surface area contributed by atoms with Crippen molar-refractivity contribution in [2.75, 3.05) is 6.54 Å². The number of nitrogens with two attached hydrogens (primary N) is 1. The third-order valence-corrected chi connectivity index (χ3v) is 1.23. The highest BCUT2D eigenvalue weighted by Gasteiger charge is 1.89. The van der Waals surface area contributed by atoms with Crippen molar-refractivity contribution in [2.45, 2.75) is 25.7 Å². The van der Waals surface area contributed by atoms with Crippen LogP contribution in [-0.2, 0) is 0 Å². The van der Waals surface area contributed by atoms with Gasteiger partial charge in [-0.05, 0) is 6.42 Å². The zero-order valence-electron chi connectivity index (χ0n) is 6.23. The number of rotatable bonds is 5. The van der Waals surface area contributed by atoms with Gasteiger partial charge in [0.15, 0.2) is 0 Å². The second kappa shape index (κ2) is 6.39. The van der Waals surface area contributed by atoms with Gasteiger partial charge in [-0.2, -0.15) is 0 Å². The van der Waals surface area contributed by atoms with Gasteiger partial charge in [-0.25, -0.2) is 4.79 Å². The summed E-state index contributed by atoms with van der Waals surface area (Å²) in [6.07, 6.45) is 4.21. The molecule has 0 aromatic rings. The summed E-state index contributed by atoms with van der Waals surface area (Å²) in [6, 6.07) is -0.436. The summed E-state index contributed by atoms with van der Waals surface area (Å²) in [4.78, 5) is 10.1. The second-order valence-electron chi connectivity index (χ2n) is 2.21. The Labute approximate surface area is 62.0 Å². The summed E-state index contributed by atoms with van der Waals surface area (Å²) in [6.45, 7) is 4.40. The van der Waals surface area contributed by atoms with E-state index in [1.165, 1.54) is 0 Å². The highest BCUT2D eigenvalue weighted by Crippen LogP contribution is 1.96. The average molecular weight is 143 g/mol. The van der Waals surface area contributed by atoms with Gasteiger partial charge in [-0.1, -0.05) is 26.2 Å². The van der Waals surface area contributed by atoms with Crippen molar-refractivity contribution in [1.82, 2.24) is 5.32 Å². The monoisotopic (exact) mass is 143 g/mol. The molecule has 0 atom stereocenters. The van der Waals surface area contributed by atoms with E-state index in [-0.39, 0.29) is 0 Å². The second-order valence-corrected chi connectivity index (χ2v) is 2.21. The molecule has 0 rings (SSSR count). The Hall–Kier alpha value is -0.730. The number of unbranched alkanes of at least 4 members (excludes halogenated alkanes) is 3. The first-order valence-electron chi connectivity index (χ1n) is 3.60. The number of primary amides is 1. The van der Waals surface area contributed by atoms with Gasteiger partial charge in [0.25, 0.3) is 0 Å². The molecule has 0 aromatic carbocycles. The first kappa shape index (κ1) is 9.27. The van der Waals surface area contributed by atoms with Crippen molar-refractivity contribution in [3.63, 3.8) is 0 Å². The number of hydrogen-bond donors (Lipinski definition) is 2. The number of amides is 2. The molecule has 3 heteroatoms. The molecule has 59 valence electrons. The van der Waals surface area contributed by atoms with Crippen molar-refractivity contribution >= 4 is 6.03 Å². The minimum atomic E-state index is -0.436. The van der Waals surface area contributed by atoms with Gasteiger partial charge >= 0.3 is 6.03 Å². The lowest BCUT2D eigenvalue weighted by molar-refractivity contribution is 0.248. The van der Waals surface area contributed by atoms with Crippen LogP contribution in [-0.4, -0.2) is 12.6 Å². The van der Waals surface area contributed by atoms with Crippen molar-refractivity contribution in [1.29, 1.82) is 0 Å². The van der Waals surface area contributed by atoms with Gasteiger partial charge in [-0.15, -0.1) is 0 Å². The fraction of sp³-hybridized carbons (Fsp3) is 0.714. The highest BCUT2D eigenvalue weighted by atomic mass is 16.2. The van der Waals surface area contributed by atoms with Crippen LogP contribution in [0.3, 0.4) is 0 Å². The zero-order valence-corrected chi connectivity index (χ0v) is 6.23. The number of hydrogen-bond acceptors (Lipinski definition) is 1. The summed E-state index contributed by atoms with van der Waals surface area (Å²) >= 11 is 0. The molecule has 3 nitrogen and oxygen atoms in total. The third kappa shape index (κ3) is 7.27. The van der Waals surface area contributed by atoms with Crippen molar-refractivity contribution in [3.05, 3.63) is 6.92 Å². The molecular formula is C7H15N2O. The topological polar surface area (TPSA) is 55.1 Å². The molecule has 2 amide bonds. The van der Waals surface area contributed by atoms with Crippen LogP contribution < -0.4 is 11.1 Å². The molecule has 1 radical (unpaired) electrons. The van der Waals surface area contributed by atoms with E-state index in [4.69, 9.17) is 5.73 Å². The molecule has 10 heavy (non-hydrogen) atoms. The molecule has 0 aliphatic heterocycles. The Balaban J connectivity index is 2.84. The van der Waals surface area contributed by atoms with Crippen molar-refractivity contribution < 1.29 is 4.79 Å². The Kier molecular flexibility index (Phi) is 5.92. The maximum atomic E-state index is 10.1. The molecule has 0 fully saturated rings. The summed E-state index contributed by atoms with van der Waals surface area (Å²) < 4.78 is 0. The normalized spacial score (nSPS) is 9.30. The van der Waals surface area contributed by atoms with Gasteiger partial charge in [0, 0.05) is 6.54 Å². The van der Waals surface area contributed by atoms with Crippen LogP contribution in [0.25, 0.3) is 0 Å². The zero-order chi connectivity index (χ0) is 7.82. The molecule has 0 spiro atoms. The first-order valence-corrected chi connectivity index (χ1v) is 3.60. The highest BCUT2D eigenvalue weighted by molar-refractivity contribution is 5.71. The molecule has 0 saturated heterocycles. The lowest BCUT2D eigenvalue weighted by atomic mass is 10.2. The van der Waals surface area contributed by atoms with Crippen LogP contribution in [0, 0.1) is 6.92 Å². The van der Waals surface area contributed by atoms with E-state index >= 15 is 0 Å². The minimum absolute atomic E-state index is 0.436. The van der Waals surface area contributed by atoms with Crippen LogP contribution in [0.5, 0.6) is 0 Å². The van der Waals surface area contributed by atoms with E-state index in [2.05, 4.69) is 12.2 Å². The summed E-state index contributed by atoms with van der Waals surface area (Å²) in [5.74, 6) is 0. The Bertz CT molecular complexity index is 93.6. The molecule has 0 aliphatic carbocycles. The molecule has 0 heterocycles. The Morgan fingerprint density at radius 1 is 1.40 bits per heavy atom. The molecule has 0 bridgehead atoms. The quantitative estimate of drug-likeness (QED) is 0.555. The largest absolute Gasteiger partial charge is 0.352 e. The molecule has 0 saturated carbocycles. The van der Waals surface area contributed by atoms with E-state index in [0.717, 1.165) is 25.7 Å². The standard InChI is InChI=1S/C7H15N2O/c1-2-3-4-5-6-9-7(8)10/h1-6H2,(H3,8,9,10). The summed E-state index contributed by atoms with van der Waals surface area (Å²) in [7, 11) is 0. The fourth-order valence-electron chi connectivity index (χ4n) is 0.690. The summed E-state index contributed by atoms with van der Waals surface area (Å²) in [5.41, 5.74) is 4.84. The lowest BCUT2D eigenvalue weighted by Gasteiger charge is -1.99. The number of carbonyl (C=O) groups excluding carboxylic acids is 1. The smallest absolute Gasteiger partial charge is 0.312 e. The predicted octanol–water partition coefficient (Wildman–Crippen LogP) is 1.05. The van der Waals surface area contributed by atoms with Crippen molar-refractivity contribution in [3.8, 4) is 0 Å². The Morgan fingerprint density at radius 2 is 2.10 bits per heavy atom. The van der Waals surface area contributed by atoms with Gasteiger partial charge in [0.2, 0.25) is 0 Å². The maximum Gasteiger partial charge on any atom is 0.312 e. The molecule has 0 aromatic heterocycles. The third-order valence-electron chi connectivity index (χ3n) is 1.23. The SMILES string of the molecule is [CH2]CCCCCNC(N)=O. The Morgan fingerprint density at radius 3 is 2.60 bits per heavy atom. The van der Waals surface area contributed by atoms with Gasteiger partial charge < -0.3 is 11.1 Å². The van der Waals surface area contributed by atoms with Gasteiger partial charge in [0.1, 0.15) is 0 Å². The van der Waals surface area contributed by atoms with Crippen molar-refractivity contribution in [2.24, 2.45) is 5.73 Å². The van der Waals surface area contributed by atoms with Crippen LogP contribution in [0.2, 0.25) is 0 Å². The average Bonchev–Trinajstić information content (AvgIpc) is 1.87. The fourth-order valence-corrected chi connectivity index (χ4v) is 0.690. The summed E-state index contributed by atoms with van der Waals surface area (Å²) in [5, 5.41) is 2.52. The predicted molar refractivity (Wildman–Crippen MR) is 41.4 cm³/mol. The number of carbonyl (C=O) groups is 1. The minimum Gasteiger partial charge on any atom is -0.352 e. The van der Waals surface area contributed by atoms with E-state index in [0.29, 0.717) is 6.54 Å². The molecule has 3 N–H and O–H groups in total. The van der Waals surface area contributed by atoms with Crippen LogP contribution in [0.15, 0.2) is 0 Å². The van der Waals surface area contributed by atoms with Crippen LogP contribution >= 0.6 is 0 Å². The lowest BCUT2D eigenvalue weighted by Crippen LogP contribution is -2.29. The van der Waals surface area contributed by atoms with E-state index in [1.54, 1.807) is 0 Å². The van der Waals surface area contributed by atoms with Crippen LogP contribution in [0.1, 0.15) is 25.7 Å². The number of nitrogens with one attached hydrogen (secondary N) is 1. The first-order chi connectivity index (χ1) is 4.77. The maximum absolute atomic E-state index is 10.1. The molecule has 0 aliphatic rings. The van der Waals surface area contributed by atoms with E-state index in [1.807, 2.05) is 0 Å².